The van der Waals surface area contributed by atoms with Crippen LogP contribution in [-0.4, -0.2) is 26.7 Å². The lowest BCUT2D eigenvalue weighted by Crippen LogP contribution is -2.24. The average molecular weight is 374 g/mol. The van der Waals surface area contributed by atoms with Crippen LogP contribution in [0.4, 0.5) is 0 Å². The van der Waals surface area contributed by atoms with E-state index in [2.05, 4.69) is 0 Å². The van der Waals surface area contributed by atoms with Gasteiger partial charge in [-0.05, 0) is 38.8 Å². The lowest BCUT2D eigenvalue weighted by molar-refractivity contribution is -0.0326. The first-order chi connectivity index (χ1) is 9.58. The molecule has 0 N–H and O–H groups in total. The van der Waals surface area contributed by atoms with E-state index in [9.17, 15) is 8.42 Å². The Kier molecular flexibility index (Phi) is 5.01. The molecule has 0 amide bonds. The van der Waals surface area contributed by atoms with E-state index in [1.165, 1.54) is 12.1 Å². The van der Waals surface area contributed by atoms with Crippen molar-refractivity contribution in [2.75, 3.05) is 6.61 Å². The third-order valence-electron chi connectivity index (χ3n) is 3.22. The lowest BCUT2D eigenvalue weighted by Gasteiger charge is -2.20. The Morgan fingerprint density at radius 2 is 1.90 bits per heavy atom. The topological polar surface area (TPSA) is 52.6 Å². The predicted octanol–water partition coefficient (Wildman–Crippen LogP) is 4.26. The molecule has 1 aromatic rings. The van der Waals surface area contributed by atoms with E-state index in [0.717, 1.165) is 12.8 Å². The van der Waals surface area contributed by atoms with Crippen LogP contribution in [0.2, 0.25) is 10.0 Å². The van der Waals surface area contributed by atoms with Crippen LogP contribution in [0, 0.1) is 0 Å². The SMILES string of the molecule is CC1(C)CCC(COc2c(Cl)cc(S(=O)(=O)Cl)cc2Cl)O1. The van der Waals surface area contributed by atoms with Gasteiger partial charge in [-0.15, -0.1) is 0 Å². The maximum absolute atomic E-state index is 11.3. The van der Waals surface area contributed by atoms with Gasteiger partial charge in [0.05, 0.1) is 26.6 Å². The number of halogens is 3. The molecule has 1 aromatic carbocycles. The van der Waals surface area contributed by atoms with Crippen molar-refractivity contribution >= 4 is 42.9 Å². The standard InChI is InChI=1S/C13H15Cl3O4S/c1-13(2)4-3-8(20-13)7-19-12-10(14)5-9(6-11(12)15)21(16,17)18/h5-6,8H,3-4,7H2,1-2H3. The monoisotopic (exact) mass is 372 g/mol. The summed E-state index contributed by atoms with van der Waals surface area (Å²) in [7, 11) is 1.37. The van der Waals surface area contributed by atoms with Crippen LogP contribution < -0.4 is 4.74 Å². The second kappa shape index (κ2) is 6.13. The fraction of sp³-hybridized carbons (Fsp3) is 0.538. The molecule has 0 spiro atoms. The molecule has 1 aliphatic rings. The Bertz CT molecular complexity index is 620. The molecule has 0 aromatic heterocycles. The van der Waals surface area contributed by atoms with Gasteiger partial charge in [-0.25, -0.2) is 8.42 Å². The summed E-state index contributed by atoms with van der Waals surface area (Å²) in [5.41, 5.74) is -0.155. The van der Waals surface area contributed by atoms with Gasteiger partial charge >= 0.3 is 0 Å². The molecule has 118 valence electrons. The molecule has 8 heteroatoms. The van der Waals surface area contributed by atoms with Crippen molar-refractivity contribution < 1.29 is 17.9 Å². The largest absolute Gasteiger partial charge is 0.488 e. The Morgan fingerprint density at radius 1 is 1.33 bits per heavy atom. The average Bonchev–Trinajstić information content (AvgIpc) is 2.66. The van der Waals surface area contributed by atoms with Crippen LogP contribution in [0.3, 0.4) is 0 Å². The molecule has 2 rings (SSSR count). The summed E-state index contributed by atoms with van der Waals surface area (Å²) in [4.78, 5) is -0.162. The highest BCUT2D eigenvalue weighted by atomic mass is 35.7. The molecule has 1 aliphatic heterocycles. The van der Waals surface area contributed by atoms with E-state index in [-0.39, 0.29) is 32.4 Å². The predicted molar refractivity (Wildman–Crippen MR) is 83.2 cm³/mol. The molecular weight excluding hydrogens is 359 g/mol. The van der Waals surface area contributed by atoms with Crippen LogP contribution in [0.25, 0.3) is 0 Å². The summed E-state index contributed by atoms with van der Waals surface area (Å²) in [6, 6.07) is 2.43. The molecule has 1 saturated heterocycles. The van der Waals surface area contributed by atoms with Gasteiger partial charge < -0.3 is 9.47 Å². The van der Waals surface area contributed by atoms with Gasteiger partial charge in [0.25, 0.3) is 9.05 Å². The molecule has 0 bridgehead atoms. The van der Waals surface area contributed by atoms with Gasteiger partial charge in [0, 0.05) is 10.7 Å². The maximum Gasteiger partial charge on any atom is 0.261 e. The minimum Gasteiger partial charge on any atom is -0.488 e. The van der Waals surface area contributed by atoms with Crippen LogP contribution in [0.5, 0.6) is 5.75 Å². The van der Waals surface area contributed by atoms with E-state index < -0.39 is 9.05 Å². The smallest absolute Gasteiger partial charge is 0.261 e. The second-order valence-corrected chi connectivity index (χ2v) is 8.88. The zero-order valence-corrected chi connectivity index (χ0v) is 14.6. The molecule has 1 unspecified atom stereocenters. The molecule has 1 atom stereocenters. The van der Waals surface area contributed by atoms with Crippen molar-refractivity contribution in [1.82, 2.24) is 0 Å². The highest BCUT2D eigenvalue weighted by Crippen LogP contribution is 2.37. The normalized spacial score (nSPS) is 21.5. The quantitative estimate of drug-likeness (QED) is 0.740. The first-order valence-electron chi connectivity index (χ1n) is 6.33. The van der Waals surface area contributed by atoms with Gasteiger partial charge in [0.15, 0.2) is 5.75 Å². The van der Waals surface area contributed by atoms with E-state index in [1.807, 2.05) is 13.8 Å². The highest BCUT2D eigenvalue weighted by Gasteiger charge is 2.32. The summed E-state index contributed by atoms with van der Waals surface area (Å²) in [6.07, 6.45) is 1.80. The van der Waals surface area contributed by atoms with Gasteiger partial charge in [-0.1, -0.05) is 23.2 Å². The van der Waals surface area contributed by atoms with E-state index in [1.54, 1.807) is 0 Å². The van der Waals surface area contributed by atoms with Crippen molar-refractivity contribution in [2.24, 2.45) is 0 Å². The number of benzene rings is 1. The Hall–Kier alpha value is -0.200. The van der Waals surface area contributed by atoms with Gasteiger partial charge in [-0.3, -0.25) is 0 Å². The van der Waals surface area contributed by atoms with Crippen molar-refractivity contribution in [3.8, 4) is 5.75 Å². The highest BCUT2D eigenvalue weighted by molar-refractivity contribution is 8.13. The lowest BCUT2D eigenvalue weighted by atomic mass is 10.1. The molecule has 1 heterocycles. The second-order valence-electron chi connectivity index (χ2n) is 5.50. The summed E-state index contributed by atoms with van der Waals surface area (Å²) in [5, 5.41) is 0.193. The molecule has 1 fully saturated rings. The maximum atomic E-state index is 11.3. The van der Waals surface area contributed by atoms with Crippen molar-refractivity contribution in [1.29, 1.82) is 0 Å². The summed E-state index contributed by atoms with van der Waals surface area (Å²) >= 11 is 12.0. The van der Waals surface area contributed by atoms with E-state index in [4.69, 9.17) is 43.4 Å². The van der Waals surface area contributed by atoms with E-state index in [0.29, 0.717) is 6.61 Å². The fourth-order valence-corrected chi connectivity index (χ4v) is 3.70. The molecule has 0 saturated carbocycles. The Balaban J connectivity index is 2.11. The minimum atomic E-state index is -3.89. The Labute approximate surface area is 138 Å². The third kappa shape index (κ3) is 4.39. The van der Waals surface area contributed by atoms with Crippen LogP contribution in [0.1, 0.15) is 26.7 Å². The summed E-state index contributed by atoms with van der Waals surface area (Å²) < 4.78 is 33.9. The Morgan fingerprint density at radius 3 is 2.33 bits per heavy atom. The molecule has 21 heavy (non-hydrogen) atoms. The van der Waals surface area contributed by atoms with E-state index >= 15 is 0 Å². The molecule has 0 radical (unpaired) electrons. The van der Waals surface area contributed by atoms with Crippen LogP contribution in [-0.2, 0) is 13.8 Å². The molecular formula is C13H15Cl3O4S. The number of hydrogen-bond acceptors (Lipinski definition) is 4. The van der Waals surface area contributed by atoms with Crippen molar-refractivity contribution in [3.63, 3.8) is 0 Å². The van der Waals surface area contributed by atoms with Gasteiger partial charge in [0.2, 0.25) is 0 Å². The summed E-state index contributed by atoms with van der Waals surface area (Å²) in [5.74, 6) is 0.232. The number of hydrogen-bond donors (Lipinski definition) is 0. The van der Waals surface area contributed by atoms with Crippen LogP contribution in [0.15, 0.2) is 17.0 Å². The summed E-state index contributed by atoms with van der Waals surface area (Å²) in [6.45, 7) is 4.34. The van der Waals surface area contributed by atoms with Crippen LogP contribution >= 0.6 is 33.9 Å². The van der Waals surface area contributed by atoms with Gasteiger partial charge in [-0.2, -0.15) is 0 Å². The zero-order valence-electron chi connectivity index (χ0n) is 11.5. The third-order valence-corrected chi connectivity index (χ3v) is 5.12. The van der Waals surface area contributed by atoms with Gasteiger partial charge in [0.1, 0.15) is 6.61 Å². The number of ether oxygens (including phenoxy) is 2. The first-order valence-corrected chi connectivity index (χ1v) is 9.39. The number of rotatable bonds is 4. The minimum absolute atomic E-state index is 0.0384. The zero-order chi connectivity index (χ0) is 15.8. The first kappa shape index (κ1) is 17.2. The molecule has 4 nitrogen and oxygen atoms in total. The van der Waals surface area contributed by atoms with Crippen molar-refractivity contribution in [3.05, 3.63) is 22.2 Å². The fourth-order valence-electron chi connectivity index (χ4n) is 2.19. The molecule has 0 aliphatic carbocycles. The van der Waals surface area contributed by atoms with Crippen molar-refractivity contribution in [2.45, 2.75) is 43.3 Å².